The third-order valence-electron chi connectivity index (χ3n) is 2.73. The smallest absolute Gasteiger partial charge is 0.335 e. The van der Waals surface area contributed by atoms with Crippen molar-refractivity contribution in [2.45, 2.75) is 6.54 Å². The van der Waals surface area contributed by atoms with Crippen LogP contribution in [-0.2, 0) is 6.54 Å². The Balaban J connectivity index is 1.63. The van der Waals surface area contributed by atoms with Crippen LogP contribution in [0.25, 0.3) is 0 Å². The molecule has 1 aromatic carbocycles. The van der Waals surface area contributed by atoms with Gasteiger partial charge in [0.05, 0.1) is 11.9 Å². The van der Waals surface area contributed by atoms with E-state index in [-0.39, 0.29) is 5.56 Å². The van der Waals surface area contributed by atoms with Gasteiger partial charge < -0.3 is 19.7 Å². The fraction of sp³-hybridized carbons (Fsp3) is 0.286. The van der Waals surface area contributed by atoms with Crippen LogP contribution in [0.3, 0.4) is 0 Å². The van der Waals surface area contributed by atoms with Crippen molar-refractivity contribution in [2.24, 2.45) is 0 Å². The van der Waals surface area contributed by atoms with Gasteiger partial charge in [0, 0.05) is 32.0 Å². The molecule has 0 aliphatic rings. The lowest BCUT2D eigenvalue weighted by Gasteiger charge is -2.08. The Kier molecular flexibility index (Phi) is 5.14. The second-order valence-corrected chi connectivity index (χ2v) is 4.23. The van der Waals surface area contributed by atoms with Crippen molar-refractivity contribution in [3.63, 3.8) is 0 Å². The molecule has 2 aromatic rings. The molecule has 6 heteroatoms. The molecule has 2 rings (SSSR count). The molecule has 0 aliphatic carbocycles. The summed E-state index contributed by atoms with van der Waals surface area (Å²) in [6, 6.07) is 6.48. The molecule has 0 radical (unpaired) electrons. The van der Waals surface area contributed by atoms with Crippen molar-refractivity contribution < 1.29 is 14.6 Å². The van der Waals surface area contributed by atoms with Crippen molar-refractivity contribution in [3.8, 4) is 5.75 Å². The third-order valence-corrected chi connectivity index (χ3v) is 2.73. The lowest BCUT2D eigenvalue weighted by atomic mass is 10.2. The number of carbonyl (C=O) groups is 1. The molecule has 0 saturated heterocycles. The lowest BCUT2D eigenvalue weighted by Crippen LogP contribution is -2.24. The van der Waals surface area contributed by atoms with Crippen LogP contribution >= 0.6 is 0 Å². The van der Waals surface area contributed by atoms with Crippen LogP contribution in [0, 0.1) is 0 Å². The minimum Gasteiger partial charge on any atom is -0.492 e. The molecule has 2 N–H and O–H groups in total. The third kappa shape index (κ3) is 4.40. The largest absolute Gasteiger partial charge is 0.492 e. The Bertz CT molecular complexity index is 540. The molecule has 6 nitrogen and oxygen atoms in total. The Hall–Kier alpha value is -2.34. The van der Waals surface area contributed by atoms with Gasteiger partial charge in [-0.25, -0.2) is 9.78 Å². The van der Waals surface area contributed by atoms with E-state index in [9.17, 15) is 4.79 Å². The highest BCUT2D eigenvalue weighted by Gasteiger charge is 2.03. The second-order valence-electron chi connectivity index (χ2n) is 4.23. The first kappa shape index (κ1) is 14.1. The van der Waals surface area contributed by atoms with Gasteiger partial charge in [-0.3, -0.25) is 0 Å². The van der Waals surface area contributed by atoms with E-state index < -0.39 is 5.97 Å². The van der Waals surface area contributed by atoms with Crippen LogP contribution in [0.4, 0.5) is 0 Å². The minimum absolute atomic E-state index is 0.232. The van der Waals surface area contributed by atoms with E-state index in [2.05, 4.69) is 10.3 Å². The van der Waals surface area contributed by atoms with Gasteiger partial charge in [0.15, 0.2) is 0 Å². The Labute approximate surface area is 117 Å². The van der Waals surface area contributed by atoms with Crippen molar-refractivity contribution in [2.75, 3.05) is 19.7 Å². The summed E-state index contributed by atoms with van der Waals surface area (Å²) in [4.78, 5) is 14.8. The summed E-state index contributed by atoms with van der Waals surface area (Å²) in [6.45, 7) is 2.88. The highest BCUT2D eigenvalue weighted by Crippen LogP contribution is 2.12. The zero-order valence-electron chi connectivity index (χ0n) is 11.0. The summed E-state index contributed by atoms with van der Waals surface area (Å²) in [6.07, 6.45) is 5.43. The summed E-state index contributed by atoms with van der Waals surface area (Å²) in [5.74, 6) is -0.379. The molecule has 0 atom stereocenters. The number of nitrogens with one attached hydrogen (secondary N) is 1. The number of ether oxygens (including phenoxy) is 1. The Morgan fingerprint density at radius 2 is 2.30 bits per heavy atom. The van der Waals surface area contributed by atoms with Crippen LogP contribution in [0.2, 0.25) is 0 Å². The first-order valence-electron chi connectivity index (χ1n) is 6.38. The van der Waals surface area contributed by atoms with Crippen LogP contribution in [-0.4, -0.2) is 40.3 Å². The summed E-state index contributed by atoms with van der Waals surface area (Å²) < 4.78 is 7.48. The highest BCUT2D eigenvalue weighted by molar-refractivity contribution is 5.87. The summed E-state index contributed by atoms with van der Waals surface area (Å²) in [7, 11) is 0. The molecule has 0 aliphatic heterocycles. The molecule has 106 valence electrons. The normalized spacial score (nSPS) is 10.4. The molecule has 0 bridgehead atoms. The number of nitrogens with zero attached hydrogens (tertiary/aromatic N) is 2. The van der Waals surface area contributed by atoms with E-state index in [4.69, 9.17) is 9.84 Å². The fourth-order valence-corrected chi connectivity index (χ4v) is 1.71. The number of aromatic carboxylic acids is 1. The fourth-order valence-electron chi connectivity index (χ4n) is 1.71. The predicted octanol–water partition coefficient (Wildman–Crippen LogP) is 1.25. The van der Waals surface area contributed by atoms with Gasteiger partial charge in [0.1, 0.15) is 12.4 Å². The lowest BCUT2D eigenvalue weighted by molar-refractivity contribution is 0.0696. The minimum atomic E-state index is -0.950. The zero-order valence-corrected chi connectivity index (χ0v) is 11.0. The van der Waals surface area contributed by atoms with E-state index in [1.807, 2.05) is 10.8 Å². The van der Waals surface area contributed by atoms with Crippen LogP contribution < -0.4 is 10.1 Å². The van der Waals surface area contributed by atoms with Crippen LogP contribution in [0.1, 0.15) is 10.4 Å². The number of imidazole rings is 1. The molecular formula is C14H17N3O3. The van der Waals surface area contributed by atoms with Crippen molar-refractivity contribution >= 4 is 5.97 Å². The molecule has 0 spiro atoms. The van der Waals surface area contributed by atoms with Crippen molar-refractivity contribution in [1.29, 1.82) is 0 Å². The quantitative estimate of drug-likeness (QED) is 0.709. The zero-order chi connectivity index (χ0) is 14.2. The predicted molar refractivity (Wildman–Crippen MR) is 74.0 cm³/mol. The number of rotatable bonds is 8. The van der Waals surface area contributed by atoms with E-state index in [0.717, 1.165) is 13.1 Å². The number of hydrogen-bond donors (Lipinski definition) is 2. The van der Waals surface area contributed by atoms with E-state index in [0.29, 0.717) is 18.9 Å². The van der Waals surface area contributed by atoms with Gasteiger partial charge in [-0.2, -0.15) is 0 Å². The first-order valence-corrected chi connectivity index (χ1v) is 6.38. The average Bonchev–Trinajstić information content (AvgIpc) is 2.96. The molecule has 0 saturated carbocycles. The number of benzene rings is 1. The number of carboxylic acid groups (broad SMARTS) is 1. The maximum Gasteiger partial charge on any atom is 0.335 e. The summed E-state index contributed by atoms with van der Waals surface area (Å²) in [5, 5.41) is 12.1. The molecule has 0 unspecified atom stereocenters. The first-order chi connectivity index (χ1) is 9.75. The maximum absolute atomic E-state index is 10.8. The monoisotopic (exact) mass is 275 g/mol. The topological polar surface area (TPSA) is 76.4 Å². The molecule has 1 heterocycles. The Morgan fingerprint density at radius 3 is 3.05 bits per heavy atom. The van der Waals surface area contributed by atoms with Crippen LogP contribution in [0.5, 0.6) is 5.75 Å². The number of hydrogen-bond acceptors (Lipinski definition) is 4. The SMILES string of the molecule is O=C(O)c1cccc(OCCNCCn2ccnc2)c1. The summed E-state index contributed by atoms with van der Waals surface area (Å²) in [5.41, 5.74) is 0.232. The molecule has 20 heavy (non-hydrogen) atoms. The van der Waals surface area contributed by atoms with Gasteiger partial charge in [0.2, 0.25) is 0 Å². The standard InChI is InChI=1S/C14H17N3O3/c18-14(19)12-2-1-3-13(10-12)20-9-6-15-4-7-17-8-5-16-11-17/h1-3,5,8,10-11,15H,4,6-7,9H2,(H,18,19). The molecule has 0 fully saturated rings. The molecule has 0 amide bonds. The van der Waals surface area contributed by atoms with Gasteiger partial charge in [-0.1, -0.05) is 6.07 Å². The van der Waals surface area contributed by atoms with Gasteiger partial charge in [0.25, 0.3) is 0 Å². The second kappa shape index (κ2) is 7.30. The maximum atomic E-state index is 10.8. The highest BCUT2D eigenvalue weighted by atomic mass is 16.5. The summed E-state index contributed by atoms with van der Waals surface area (Å²) >= 11 is 0. The van der Waals surface area contributed by atoms with Crippen LogP contribution in [0.15, 0.2) is 43.0 Å². The van der Waals surface area contributed by atoms with Gasteiger partial charge in [-0.15, -0.1) is 0 Å². The molecular weight excluding hydrogens is 258 g/mol. The van der Waals surface area contributed by atoms with Crippen molar-refractivity contribution in [3.05, 3.63) is 48.5 Å². The van der Waals surface area contributed by atoms with E-state index >= 15 is 0 Å². The number of aromatic nitrogens is 2. The van der Waals surface area contributed by atoms with Gasteiger partial charge in [-0.05, 0) is 18.2 Å². The average molecular weight is 275 g/mol. The molecule has 1 aromatic heterocycles. The van der Waals surface area contributed by atoms with E-state index in [1.54, 1.807) is 30.7 Å². The van der Waals surface area contributed by atoms with Gasteiger partial charge >= 0.3 is 5.97 Å². The number of carboxylic acids is 1. The Morgan fingerprint density at radius 1 is 1.40 bits per heavy atom. The van der Waals surface area contributed by atoms with Crippen molar-refractivity contribution in [1.82, 2.24) is 14.9 Å². The van der Waals surface area contributed by atoms with E-state index in [1.165, 1.54) is 6.07 Å².